The first-order valence-corrected chi connectivity index (χ1v) is 7.75. The highest BCUT2D eigenvalue weighted by atomic mass is 16.5. The first-order chi connectivity index (χ1) is 9.29. The second-order valence-corrected chi connectivity index (χ2v) is 6.28. The number of rotatable bonds is 2. The number of nitrogens with one attached hydrogen (secondary N) is 1. The summed E-state index contributed by atoms with van der Waals surface area (Å²) in [5, 5.41) is 3.35. The van der Waals surface area contributed by atoms with E-state index < -0.39 is 0 Å². The van der Waals surface area contributed by atoms with Crippen molar-refractivity contribution < 1.29 is 14.3 Å². The van der Waals surface area contributed by atoms with Crippen LogP contribution in [-0.2, 0) is 14.3 Å². The monoisotopic (exact) mass is 267 g/mol. The van der Waals surface area contributed by atoms with E-state index in [4.69, 9.17) is 9.47 Å². The maximum atomic E-state index is 12.7. The molecule has 0 aromatic rings. The Labute approximate surface area is 115 Å². The molecule has 0 radical (unpaired) electrons. The fraction of sp³-hybridized carbons (Fsp3) is 0.933. The molecule has 0 saturated carbocycles. The zero-order valence-corrected chi connectivity index (χ0v) is 11.7. The van der Waals surface area contributed by atoms with Gasteiger partial charge < -0.3 is 14.8 Å². The van der Waals surface area contributed by atoms with Gasteiger partial charge in [-0.05, 0) is 45.1 Å². The predicted molar refractivity (Wildman–Crippen MR) is 72.1 cm³/mol. The summed E-state index contributed by atoms with van der Waals surface area (Å²) >= 11 is 0. The molecule has 4 heteroatoms. The Bertz CT molecular complexity index is 314. The first-order valence-electron chi connectivity index (χ1n) is 7.75. The van der Waals surface area contributed by atoms with E-state index in [1.54, 1.807) is 0 Å². The highest BCUT2D eigenvalue weighted by Gasteiger charge is 2.42. The van der Waals surface area contributed by atoms with Gasteiger partial charge in [-0.1, -0.05) is 0 Å². The Kier molecular flexibility index (Phi) is 4.20. The third kappa shape index (κ3) is 3.01. The van der Waals surface area contributed by atoms with Crippen LogP contribution >= 0.6 is 0 Å². The summed E-state index contributed by atoms with van der Waals surface area (Å²) < 4.78 is 11.5. The summed E-state index contributed by atoms with van der Waals surface area (Å²) in [4.78, 5) is 12.7. The summed E-state index contributed by atoms with van der Waals surface area (Å²) in [7, 11) is 0. The number of piperidine rings is 1. The molecule has 3 aliphatic heterocycles. The van der Waals surface area contributed by atoms with E-state index in [2.05, 4.69) is 5.32 Å². The van der Waals surface area contributed by atoms with Gasteiger partial charge in [-0.2, -0.15) is 0 Å². The van der Waals surface area contributed by atoms with Crippen molar-refractivity contribution in [2.24, 2.45) is 11.8 Å². The minimum absolute atomic E-state index is 0.0566. The number of hydrogen-bond acceptors (Lipinski definition) is 4. The molecule has 3 rings (SSSR count). The summed E-state index contributed by atoms with van der Waals surface area (Å²) in [5.74, 6) is 0.951. The van der Waals surface area contributed by atoms with Crippen molar-refractivity contribution in [1.29, 1.82) is 0 Å². The molecule has 3 aliphatic rings. The molecule has 0 bridgehead atoms. The second-order valence-electron chi connectivity index (χ2n) is 6.28. The molecule has 3 heterocycles. The maximum Gasteiger partial charge on any atom is 0.140 e. The highest BCUT2D eigenvalue weighted by Crippen LogP contribution is 2.38. The van der Waals surface area contributed by atoms with Gasteiger partial charge in [0.1, 0.15) is 5.78 Å². The minimum atomic E-state index is -0.0566. The van der Waals surface area contributed by atoms with Gasteiger partial charge in [0.2, 0.25) is 0 Å². The van der Waals surface area contributed by atoms with Crippen LogP contribution in [0.2, 0.25) is 0 Å². The van der Waals surface area contributed by atoms with Gasteiger partial charge in [-0.3, -0.25) is 4.79 Å². The summed E-state index contributed by atoms with van der Waals surface area (Å²) in [6, 6.07) is 0. The Morgan fingerprint density at radius 2 is 1.95 bits per heavy atom. The van der Waals surface area contributed by atoms with Crippen molar-refractivity contribution in [3.63, 3.8) is 0 Å². The van der Waals surface area contributed by atoms with Crippen molar-refractivity contribution in [1.82, 2.24) is 5.32 Å². The SMILES string of the molecule is O=C(C1CCCNC1)C1CCOC2(CCOCC2)C1. The topological polar surface area (TPSA) is 47.6 Å². The molecular formula is C15H25NO3. The number of ether oxygens (including phenoxy) is 2. The zero-order chi connectivity index (χ0) is 13.1. The van der Waals surface area contributed by atoms with E-state index in [1.807, 2.05) is 0 Å². The number of ketones is 1. The van der Waals surface area contributed by atoms with Crippen LogP contribution in [0.1, 0.15) is 38.5 Å². The molecular weight excluding hydrogens is 242 g/mol. The molecule has 1 spiro atoms. The van der Waals surface area contributed by atoms with Crippen LogP contribution in [-0.4, -0.2) is 44.3 Å². The van der Waals surface area contributed by atoms with Gasteiger partial charge in [0, 0.05) is 38.2 Å². The Morgan fingerprint density at radius 1 is 1.11 bits per heavy atom. The summed E-state index contributed by atoms with van der Waals surface area (Å²) in [6.07, 6.45) is 5.96. The van der Waals surface area contributed by atoms with Gasteiger partial charge in [0.15, 0.2) is 0 Å². The molecule has 4 nitrogen and oxygen atoms in total. The maximum absolute atomic E-state index is 12.7. The zero-order valence-electron chi connectivity index (χ0n) is 11.7. The van der Waals surface area contributed by atoms with Crippen LogP contribution < -0.4 is 5.32 Å². The fourth-order valence-electron chi connectivity index (χ4n) is 3.79. The predicted octanol–water partition coefficient (Wildman–Crippen LogP) is 1.53. The van der Waals surface area contributed by atoms with E-state index in [-0.39, 0.29) is 17.4 Å². The van der Waals surface area contributed by atoms with Crippen LogP contribution in [0.4, 0.5) is 0 Å². The molecule has 19 heavy (non-hydrogen) atoms. The van der Waals surface area contributed by atoms with Gasteiger partial charge in [-0.25, -0.2) is 0 Å². The normalized spacial score (nSPS) is 35.2. The lowest BCUT2D eigenvalue weighted by Gasteiger charge is -2.43. The molecule has 3 saturated heterocycles. The third-order valence-electron chi connectivity index (χ3n) is 5.00. The Morgan fingerprint density at radius 3 is 2.68 bits per heavy atom. The molecule has 0 aliphatic carbocycles. The number of Topliss-reactive ketones (excluding diaryl/α,β-unsaturated/α-hetero) is 1. The Hall–Kier alpha value is -0.450. The average molecular weight is 267 g/mol. The molecule has 3 fully saturated rings. The van der Waals surface area contributed by atoms with E-state index in [1.165, 1.54) is 0 Å². The number of carbonyl (C=O) groups excluding carboxylic acids is 1. The van der Waals surface area contributed by atoms with E-state index in [0.717, 1.165) is 71.4 Å². The molecule has 2 atom stereocenters. The average Bonchev–Trinajstić information content (AvgIpc) is 2.48. The van der Waals surface area contributed by atoms with E-state index in [9.17, 15) is 4.79 Å². The molecule has 1 N–H and O–H groups in total. The van der Waals surface area contributed by atoms with Crippen molar-refractivity contribution >= 4 is 5.78 Å². The number of carbonyl (C=O) groups is 1. The second kappa shape index (κ2) is 5.90. The van der Waals surface area contributed by atoms with Gasteiger partial charge in [-0.15, -0.1) is 0 Å². The third-order valence-corrected chi connectivity index (χ3v) is 5.00. The van der Waals surface area contributed by atoms with Crippen molar-refractivity contribution in [2.75, 3.05) is 32.9 Å². The standard InChI is InChI=1S/C15H25NO3/c17-14(13-2-1-6-16-11-13)12-3-7-19-15(10-12)4-8-18-9-5-15/h12-13,16H,1-11H2. The molecule has 0 aromatic heterocycles. The van der Waals surface area contributed by atoms with Crippen LogP contribution in [0.5, 0.6) is 0 Å². The van der Waals surface area contributed by atoms with E-state index in [0.29, 0.717) is 5.78 Å². The number of hydrogen-bond donors (Lipinski definition) is 1. The lowest BCUT2D eigenvalue weighted by atomic mass is 9.75. The highest BCUT2D eigenvalue weighted by molar-refractivity contribution is 5.84. The van der Waals surface area contributed by atoms with Gasteiger partial charge in [0.25, 0.3) is 0 Å². The minimum Gasteiger partial charge on any atom is -0.381 e. The quantitative estimate of drug-likeness (QED) is 0.824. The molecule has 0 aromatic carbocycles. The fourth-order valence-corrected chi connectivity index (χ4v) is 3.79. The largest absolute Gasteiger partial charge is 0.381 e. The van der Waals surface area contributed by atoms with Crippen molar-refractivity contribution in [2.45, 2.75) is 44.1 Å². The lowest BCUT2D eigenvalue weighted by Crippen LogP contribution is -2.47. The van der Waals surface area contributed by atoms with Crippen LogP contribution in [0.25, 0.3) is 0 Å². The van der Waals surface area contributed by atoms with Crippen LogP contribution in [0.3, 0.4) is 0 Å². The Balaban J connectivity index is 1.62. The van der Waals surface area contributed by atoms with Crippen molar-refractivity contribution in [3.05, 3.63) is 0 Å². The first kappa shape index (κ1) is 13.5. The smallest absolute Gasteiger partial charge is 0.140 e. The lowest BCUT2D eigenvalue weighted by molar-refractivity contribution is -0.159. The molecule has 0 amide bonds. The van der Waals surface area contributed by atoms with Crippen molar-refractivity contribution in [3.8, 4) is 0 Å². The summed E-state index contributed by atoms with van der Waals surface area (Å²) in [6.45, 7) is 4.26. The molecule has 108 valence electrons. The van der Waals surface area contributed by atoms with Gasteiger partial charge >= 0.3 is 0 Å². The van der Waals surface area contributed by atoms with Crippen LogP contribution in [0.15, 0.2) is 0 Å². The van der Waals surface area contributed by atoms with E-state index >= 15 is 0 Å². The summed E-state index contributed by atoms with van der Waals surface area (Å²) in [5.41, 5.74) is -0.0566. The van der Waals surface area contributed by atoms with Gasteiger partial charge in [0.05, 0.1) is 5.60 Å². The molecule has 2 unspecified atom stereocenters. The van der Waals surface area contributed by atoms with Crippen LogP contribution in [0, 0.1) is 11.8 Å².